The number of ether oxygens (including phenoxy) is 1. The van der Waals surface area contributed by atoms with E-state index in [0.717, 1.165) is 10.6 Å². The number of halogens is 1. The number of nitrogens with one attached hydrogen (secondary N) is 1. The van der Waals surface area contributed by atoms with Gasteiger partial charge in [-0.3, -0.25) is 14.3 Å². The number of hydrogen-bond donors (Lipinski definition) is 3. The Bertz CT molecular complexity index is 552. The van der Waals surface area contributed by atoms with Crippen molar-refractivity contribution in [1.29, 1.82) is 0 Å². The van der Waals surface area contributed by atoms with Gasteiger partial charge in [-0.1, -0.05) is 22.6 Å². The van der Waals surface area contributed by atoms with E-state index in [0.29, 0.717) is 4.43 Å². The quantitative estimate of drug-likeness (QED) is 0.458. The van der Waals surface area contributed by atoms with Gasteiger partial charge in [0.15, 0.2) is 6.23 Å². The van der Waals surface area contributed by atoms with Gasteiger partial charge < -0.3 is 14.9 Å². The molecule has 2 rings (SSSR count). The number of aromatic amines is 1. The van der Waals surface area contributed by atoms with Gasteiger partial charge in [0.25, 0.3) is 5.56 Å². The molecule has 1 aliphatic heterocycles. The summed E-state index contributed by atoms with van der Waals surface area (Å²) in [6.45, 7) is 1.40. The Morgan fingerprint density at radius 3 is 2.78 bits per heavy atom. The highest BCUT2D eigenvalue weighted by Gasteiger charge is 2.52. The topological polar surface area (TPSA) is 105 Å². The molecule has 18 heavy (non-hydrogen) atoms. The van der Waals surface area contributed by atoms with Gasteiger partial charge in [-0.25, -0.2) is 4.79 Å². The molecule has 1 saturated heterocycles. The van der Waals surface area contributed by atoms with Crippen molar-refractivity contribution < 1.29 is 14.9 Å². The Labute approximate surface area is 116 Å². The number of aliphatic hydroxyl groups excluding tert-OH is 1. The van der Waals surface area contributed by atoms with E-state index in [4.69, 9.17) is 4.74 Å². The van der Waals surface area contributed by atoms with Crippen LogP contribution < -0.4 is 11.2 Å². The zero-order chi connectivity index (χ0) is 13.5. The average molecular weight is 368 g/mol. The van der Waals surface area contributed by atoms with Crippen molar-refractivity contribution in [3.05, 3.63) is 33.1 Å². The Balaban J connectivity index is 2.45. The molecule has 3 N–H and O–H groups in total. The minimum atomic E-state index is -1.60. The molecule has 1 aliphatic rings. The number of nitrogens with zero attached hydrogens (tertiary/aromatic N) is 1. The van der Waals surface area contributed by atoms with Crippen LogP contribution in [0.25, 0.3) is 0 Å². The third-order valence-corrected chi connectivity index (χ3v) is 3.88. The van der Waals surface area contributed by atoms with Gasteiger partial charge in [-0.15, -0.1) is 0 Å². The van der Waals surface area contributed by atoms with Crippen LogP contribution in [0.15, 0.2) is 21.9 Å². The lowest BCUT2D eigenvalue weighted by molar-refractivity contribution is -0.0969. The predicted molar refractivity (Wildman–Crippen MR) is 70.8 cm³/mol. The average Bonchev–Trinajstić information content (AvgIpc) is 2.52. The lowest BCUT2D eigenvalue weighted by atomic mass is 9.97. The molecular weight excluding hydrogens is 355 g/mol. The van der Waals surface area contributed by atoms with E-state index in [2.05, 4.69) is 4.98 Å². The fourth-order valence-corrected chi connectivity index (χ4v) is 2.67. The van der Waals surface area contributed by atoms with E-state index >= 15 is 0 Å². The largest absolute Gasteiger partial charge is 0.387 e. The number of H-pyrrole nitrogens is 1. The maximum absolute atomic E-state index is 11.6. The minimum Gasteiger partial charge on any atom is -0.387 e. The zero-order valence-corrected chi connectivity index (χ0v) is 11.7. The molecular formula is C10H13IN2O5. The number of aliphatic hydroxyl groups is 2. The van der Waals surface area contributed by atoms with Gasteiger partial charge in [0.2, 0.25) is 0 Å². The first-order valence-corrected chi connectivity index (χ1v) is 6.84. The molecule has 100 valence electrons. The molecule has 0 aliphatic carbocycles. The van der Waals surface area contributed by atoms with Crippen molar-refractivity contribution in [3.8, 4) is 0 Å². The first-order valence-electron chi connectivity index (χ1n) is 5.31. The normalized spacial score (nSPS) is 35.9. The molecule has 0 amide bonds. The van der Waals surface area contributed by atoms with Gasteiger partial charge >= 0.3 is 5.69 Å². The molecule has 1 aromatic heterocycles. The van der Waals surface area contributed by atoms with Crippen LogP contribution in [0.4, 0.5) is 0 Å². The summed E-state index contributed by atoms with van der Waals surface area (Å²) in [4.78, 5) is 24.7. The summed E-state index contributed by atoms with van der Waals surface area (Å²) in [6, 6.07) is 1.16. The second-order valence-corrected chi connectivity index (χ2v) is 5.25. The van der Waals surface area contributed by atoms with Crippen LogP contribution >= 0.6 is 22.6 Å². The minimum absolute atomic E-state index is 0.476. The zero-order valence-electron chi connectivity index (χ0n) is 9.54. The van der Waals surface area contributed by atoms with Crippen LogP contribution in [0, 0.1) is 0 Å². The summed E-state index contributed by atoms with van der Waals surface area (Å²) >= 11 is 2.02. The standard InChI is InChI=1S/C10H13IN2O5/c1-10(17)7(15)5(4-11)18-8(10)13-3-2-6(14)12-9(13)16/h2-3,5,7-8,15,17H,4H2,1H3,(H,12,14,16)/t5-,7-,8-,10-/m1/s1. The predicted octanol–water partition coefficient (Wildman–Crippen LogP) is -1.02. The van der Waals surface area contributed by atoms with Crippen molar-refractivity contribution in [2.24, 2.45) is 0 Å². The summed E-state index contributed by atoms with van der Waals surface area (Å²) in [5.74, 6) is 0. The number of rotatable bonds is 2. The molecule has 0 bridgehead atoms. The van der Waals surface area contributed by atoms with Gasteiger partial charge in [0.1, 0.15) is 11.7 Å². The fourth-order valence-electron chi connectivity index (χ4n) is 1.98. The molecule has 0 saturated carbocycles. The van der Waals surface area contributed by atoms with Crippen molar-refractivity contribution in [2.75, 3.05) is 4.43 Å². The van der Waals surface area contributed by atoms with Crippen molar-refractivity contribution in [1.82, 2.24) is 9.55 Å². The van der Waals surface area contributed by atoms with Gasteiger partial charge in [-0.05, 0) is 6.92 Å². The molecule has 0 radical (unpaired) electrons. The van der Waals surface area contributed by atoms with Crippen LogP contribution in [-0.2, 0) is 4.74 Å². The summed E-state index contributed by atoms with van der Waals surface area (Å²) in [6.07, 6.45) is -1.46. The maximum atomic E-state index is 11.6. The third-order valence-electron chi connectivity index (χ3n) is 3.01. The third kappa shape index (κ3) is 2.13. The molecule has 0 unspecified atom stereocenters. The summed E-state index contributed by atoms with van der Waals surface area (Å²) < 4.78 is 7.02. The van der Waals surface area contributed by atoms with Crippen molar-refractivity contribution in [2.45, 2.75) is 31.0 Å². The molecule has 4 atom stereocenters. The van der Waals surface area contributed by atoms with Crippen LogP contribution in [0.5, 0.6) is 0 Å². The van der Waals surface area contributed by atoms with Gasteiger partial charge in [0, 0.05) is 16.7 Å². The molecule has 7 nitrogen and oxygen atoms in total. The Morgan fingerprint density at radius 1 is 1.61 bits per heavy atom. The summed E-state index contributed by atoms with van der Waals surface area (Å²) in [7, 11) is 0. The molecule has 1 fully saturated rings. The van der Waals surface area contributed by atoms with Crippen molar-refractivity contribution in [3.63, 3.8) is 0 Å². The SMILES string of the molecule is C[C@@]1(O)[C@H](O)[C@@H](CI)O[C@H]1n1ccc(=O)[nH]c1=O. The molecule has 1 aromatic rings. The number of aromatic nitrogens is 2. The van der Waals surface area contributed by atoms with E-state index in [9.17, 15) is 19.8 Å². The molecule has 0 aromatic carbocycles. The highest BCUT2D eigenvalue weighted by atomic mass is 127. The second kappa shape index (κ2) is 4.76. The van der Waals surface area contributed by atoms with Crippen LogP contribution in [-0.4, -0.2) is 42.0 Å². The van der Waals surface area contributed by atoms with Crippen LogP contribution in [0.1, 0.15) is 13.2 Å². The monoisotopic (exact) mass is 368 g/mol. The summed E-state index contributed by atoms with van der Waals surface area (Å²) in [5.41, 5.74) is -2.81. The number of alkyl halides is 1. The van der Waals surface area contributed by atoms with Crippen LogP contribution in [0.2, 0.25) is 0 Å². The Hall–Kier alpha value is -0.710. The lowest BCUT2D eigenvalue weighted by Gasteiger charge is -2.27. The number of hydrogen-bond acceptors (Lipinski definition) is 5. The smallest absolute Gasteiger partial charge is 0.330 e. The van der Waals surface area contributed by atoms with Crippen molar-refractivity contribution >= 4 is 22.6 Å². The molecule has 2 heterocycles. The van der Waals surface area contributed by atoms with E-state index in [1.807, 2.05) is 22.6 Å². The van der Waals surface area contributed by atoms with Gasteiger partial charge in [0.05, 0.1) is 6.10 Å². The maximum Gasteiger partial charge on any atom is 0.330 e. The summed E-state index contributed by atoms with van der Waals surface area (Å²) in [5, 5.41) is 20.2. The first-order chi connectivity index (χ1) is 8.37. The van der Waals surface area contributed by atoms with E-state index in [-0.39, 0.29) is 0 Å². The molecule has 8 heteroatoms. The molecule has 0 spiro atoms. The fraction of sp³-hybridized carbons (Fsp3) is 0.600. The van der Waals surface area contributed by atoms with E-state index in [1.165, 1.54) is 13.1 Å². The second-order valence-electron chi connectivity index (χ2n) is 4.37. The van der Waals surface area contributed by atoms with E-state index < -0.39 is 35.3 Å². The van der Waals surface area contributed by atoms with E-state index in [1.54, 1.807) is 0 Å². The highest BCUT2D eigenvalue weighted by molar-refractivity contribution is 14.1. The van der Waals surface area contributed by atoms with Gasteiger partial charge in [-0.2, -0.15) is 0 Å². The highest BCUT2D eigenvalue weighted by Crippen LogP contribution is 2.37. The van der Waals surface area contributed by atoms with Crippen LogP contribution in [0.3, 0.4) is 0 Å². The Morgan fingerprint density at radius 2 is 2.28 bits per heavy atom. The lowest BCUT2D eigenvalue weighted by Crippen LogP contribution is -2.46. The first kappa shape index (κ1) is 13.7. The Kier molecular flexibility index (Phi) is 3.63.